The SMILES string of the molecule is COc1cccc(NC(=O)c2ccc(F)c(Cl)c2)c1. The van der Waals surface area contributed by atoms with Crippen LogP contribution in [0.1, 0.15) is 10.4 Å². The molecular weight excluding hydrogens is 269 g/mol. The van der Waals surface area contributed by atoms with Crippen LogP contribution in [-0.2, 0) is 0 Å². The monoisotopic (exact) mass is 279 g/mol. The molecule has 0 aromatic heterocycles. The maximum absolute atomic E-state index is 13.0. The molecule has 0 saturated heterocycles. The topological polar surface area (TPSA) is 38.3 Å². The van der Waals surface area contributed by atoms with Crippen LogP contribution < -0.4 is 10.1 Å². The smallest absolute Gasteiger partial charge is 0.255 e. The van der Waals surface area contributed by atoms with Gasteiger partial charge >= 0.3 is 0 Å². The lowest BCUT2D eigenvalue weighted by molar-refractivity contribution is 0.102. The van der Waals surface area contributed by atoms with Crippen molar-refractivity contribution in [2.24, 2.45) is 0 Å². The van der Waals surface area contributed by atoms with Crippen LogP contribution in [0.2, 0.25) is 5.02 Å². The van der Waals surface area contributed by atoms with Gasteiger partial charge in [0.1, 0.15) is 11.6 Å². The van der Waals surface area contributed by atoms with E-state index in [0.29, 0.717) is 11.4 Å². The largest absolute Gasteiger partial charge is 0.497 e. The molecule has 3 nitrogen and oxygen atoms in total. The van der Waals surface area contributed by atoms with E-state index >= 15 is 0 Å². The van der Waals surface area contributed by atoms with Crippen molar-refractivity contribution in [1.29, 1.82) is 0 Å². The van der Waals surface area contributed by atoms with E-state index in [1.54, 1.807) is 31.4 Å². The quantitative estimate of drug-likeness (QED) is 0.929. The molecule has 0 aliphatic heterocycles. The molecule has 19 heavy (non-hydrogen) atoms. The summed E-state index contributed by atoms with van der Waals surface area (Å²) in [6.45, 7) is 0. The zero-order valence-electron chi connectivity index (χ0n) is 10.1. The Morgan fingerprint density at radius 2 is 2.05 bits per heavy atom. The molecule has 98 valence electrons. The van der Waals surface area contributed by atoms with Crippen LogP contribution in [0, 0.1) is 5.82 Å². The first kappa shape index (κ1) is 13.4. The minimum Gasteiger partial charge on any atom is -0.497 e. The summed E-state index contributed by atoms with van der Waals surface area (Å²) < 4.78 is 18.1. The van der Waals surface area contributed by atoms with E-state index in [4.69, 9.17) is 16.3 Å². The first-order chi connectivity index (χ1) is 9.10. The second-order valence-corrected chi connectivity index (χ2v) is 4.22. The molecular formula is C14H11ClFNO2. The Labute approximate surface area is 115 Å². The van der Waals surface area contributed by atoms with E-state index in [0.717, 1.165) is 6.07 Å². The highest BCUT2D eigenvalue weighted by molar-refractivity contribution is 6.31. The van der Waals surface area contributed by atoms with Crippen LogP contribution in [-0.4, -0.2) is 13.0 Å². The first-order valence-corrected chi connectivity index (χ1v) is 5.88. The Kier molecular flexibility index (Phi) is 4.02. The van der Waals surface area contributed by atoms with Crippen molar-refractivity contribution in [3.05, 3.63) is 58.9 Å². The lowest BCUT2D eigenvalue weighted by Gasteiger charge is -2.07. The summed E-state index contributed by atoms with van der Waals surface area (Å²) in [5, 5.41) is 2.59. The zero-order chi connectivity index (χ0) is 13.8. The molecule has 0 fully saturated rings. The van der Waals surface area contributed by atoms with Gasteiger partial charge in [-0.2, -0.15) is 0 Å². The molecule has 2 aromatic carbocycles. The lowest BCUT2D eigenvalue weighted by Crippen LogP contribution is -2.12. The van der Waals surface area contributed by atoms with Gasteiger partial charge in [0.15, 0.2) is 0 Å². The predicted octanol–water partition coefficient (Wildman–Crippen LogP) is 3.74. The van der Waals surface area contributed by atoms with Crippen molar-refractivity contribution < 1.29 is 13.9 Å². The number of ether oxygens (including phenoxy) is 1. The number of carbonyl (C=O) groups excluding carboxylic acids is 1. The Morgan fingerprint density at radius 1 is 1.26 bits per heavy atom. The Hall–Kier alpha value is -2.07. The van der Waals surface area contributed by atoms with Gasteiger partial charge in [-0.3, -0.25) is 4.79 Å². The van der Waals surface area contributed by atoms with Gasteiger partial charge in [0, 0.05) is 17.3 Å². The number of nitrogens with one attached hydrogen (secondary N) is 1. The third kappa shape index (κ3) is 3.23. The molecule has 1 N–H and O–H groups in total. The molecule has 0 heterocycles. The lowest BCUT2D eigenvalue weighted by atomic mass is 10.2. The van der Waals surface area contributed by atoms with Crippen LogP contribution in [0.4, 0.5) is 10.1 Å². The van der Waals surface area contributed by atoms with Crippen LogP contribution in [0.15, 0.2) is 42.5 Å². The molecule has 0 aliphatic rings. The number of halogens is 2. The summed E-state index contributed by atoms with van der Waals surface area (Å²) >= 11 is 5.63. The van der Waals surface area contributed by atoms with E-state index < -0.39 is 5.82 Å². The van der Waals surface area contributed by atoms with Crippen LogP contribution >= 0.6 is 11.6 Å². The standard InChI is InChI=1S/C14H11ClFNO2/c1-19-11-4-2-3-10(8-11)17-14(18)9-5-6-13(16)12(15)7-9/h2-8H,1H3,(H,17,18). The first-order valence-electron chi connectivity index (χ1n) is 5.50. The number of methoxy groups -OCH3 is 1. The number of hydrogen-bond donors (Lipinski definition) is 1. The van der Waals surface area contributed by atoms with Crippen molar-refractivity contribution in [2.45, 2.75) is 0 Å². The molecule has 0 radical (unpaired) electrons. The molecule has 0 spiro atoms. The predicted molar refractivity (Wildman–Crippen MR) is 72.4 cm³/mol. The number of anilines is 1. The average molecular weight is 280 g/mol. The molecule has 0 bridgehead atoms. The molecule has 2 rings (SSSR count). The van der Waals surface area contributed by atoms with Gasteiger partial charge < -0.3 is 10.1 Å². The maximum Gasteiger partial charge on any atom is 0.255 e. The zero-order valence-corrected chi connectivity index (χ0v) is 10.9. The maximum atomic E-state index is 13.0. The molecule has 5 heteroatoms. The van der Waals surface area contributed by atoms with E-state index in [-0.39, 0.29) is 16.5 Å². The van der Waals surface area contributed by atoms with Gasteiger partial charge in [-0.15, -0.1) is 0 Å². The number of hydrogen-bond acceptors (Lipinski definition) is 2. The molecule has 0 atom stereocenters. The van der Waals surface area contributed by atoms with Crippen molar-refractivity contribution in [3.8, 4) is 5.75 Å². The fourth-order valence-electron chi connectivity index (χ4n) is 1.54. The number of carbonyl (C=O) groups is 1. The summed E-state index contributed by atoms with van der Waals surface area (Å²) in [7, 11) is 1.54. The number of rotatable bonds is 3. The van der Waals surface area contributed by atoms with Gasteiger partial charge in [0.05, 0.1) is 12.1 Å². The van der Waals surface area contributed by atoms with Crippen LogP contribution in [0.25, 0.3) is 0 Å². The highest BCUT2D eigenvalue weighted by atomic mass is 35.5. The van der Waals surface area contributed by atoms with Gasteiger partial charge in [-0.05, 0) is 30.3 Å². The summed E-state index contributed by atoms with van der Waals surface area (Å²) in [4.78, 5) is 11.9. The minimum absolute atomic E-state index is 0.0849. The molecule has 2 aromatic rings. The summed E-state index contributed by atoms with van der Waals surface area (Å²) in [6, 6.07) is 10.7. The minimum atomic E-state index is -0.556. The van der Waals surface area contributed by atoms with E-state index in [1.165, 1.54) is 12.1 Å². The third-order valence-corrected chi connectivity index (χ3v) is 2.80. The van der Waals surface area contributed by atoms with Crippen LogP contribution in [0.5, 0.6) is 5.75 Å². The fourth-order valence-corrected chi connectivity index (χ4v) is 1.72. The third-order valence-electron chi connectivity index (χ3n) is 2.51. The van der Waals surface area contributed by atoms with Gasteiger partial charge in [0.25, 0.3) is 5.91 Å². The Morgan fingerprint density at radius 3 is 2.74 bits per heavy atom. The summed E-state index contributed by atoms with van der Waals surface area (Å²) in [5.74, 6) is -0.287. The molecule has 0 aliphatic carbocycles. The molecule has 0 unspecified atom stereocenters. The Balaban J connectivity index is 2.18. The molecule has 0 saturated carbocycles. The fraction of sp³-hybridized carbons (Fsp3) is 0.0714. The van der Waals surface area contributed by atoms with Gasteiger partial charge in [0.2, 0.25) is 0 Å². The average Bonchev–Trinajstić information content (AvgIpc) is 2.42. The second-order valence-electron chi connectivity index (χ2n) is 3.81. The Bertz CT molecular complexity index is 616. The highest BCUT2D eigenvalue weighted by Crippen LogP contribution is 2.19. The summed E-state index contributed by atoms with van der Waals surface area (Å²) in [6.07, 6.45) is 0. The molecule has 1 amide bonds. The second kappa shape index (κ2) is 5.71. The summed E-state index contributed by atoms with van der Waals surface area (Å²) in [5.41, 5.74) is 0.874. The van der Waals surface area contributed by atoms with Crippen LogP contribution in [0.3, 0.4) is 0 Å². The van der Waals surface area contributed by atoms with Gasteiger partial charge in [-0.1, -0.05) is 17.7 Å². The normalized spacial score (nSPS) is 10.1. The van der Waals surface area contributed by atoms with Crippen molar-refractivity contribution in [2.75, 3.05) is 12.4 Å². The van der Waals surface area contributed by atoms with Crippen molar-refractivity contribution >= 4 is 23.2 Å². The number of amides is 1. The van der Waals surface area contributed by atoms with Crippen molar-refractivity contribution in [1.82, 2.24) is 0 Å². The van der Waals surface area contributed by atoms with E-state index in [9.17, 15) is 9.18 Å². The van der Waals surface area contributed by atoms with E-state index in [2.05, 4.69) is 5.32 Å². The highest BCUT2D eigenvalue weighted by Gasteiger charge is 2.09. The van der Waals surface area contributed by atoms with Gasteiger partial charge in [-0.25, -0.2) is 4.39 Å². The number of benzene rings is 2. The van der Waals surface area contributed by atoms with E-state index in [1.807, 2.05) is 0 Å². The van der Waals surface area contributed by atoms with Crippen molar-refractivity contribution in [3.63, 3.8) is 0 Å².